The summed E-state index contributed by atoms with van der Waals surface area (Å²) in [6.07, 6.45) is 8.39. The second-order valence-corrected chi connectivity index (χ2v) is 5.59. The molecule has 1 atom stereocenters. The molecule has 0 amide bonds. The first-order valence-electron chi connectivity index (χ1n) is 6.45. The minimum Gasteiger partial charge on any atom is -0.271 e. The summed E-state index contributed by atoms with van der Waals surface area (Å²) in [5, 5.41) is 4.37. The van der Waals surface area contributed by atoms with E-state index in [9.17, 15) is 0 Å². The topological polar surface area (TPSA) is 55.9 Å². The standard InChI is InChI=1S/C12H21BrN4/c1-2-17-12(10(13)8-15-17)11(16-14)9-6-4-3-5-7-9/h8-9,11,16H,2-7,14H2,1H3. The Kier molecular flexibility index (Phi) is 4.59. The fraction of sp³-hybridized carbons (Fsp3) is 0.750. The van der Waals surface area contributed by atoms with Crippen LogP contribution in [-0.2, 0) is 6.54 Å². The van der Waals surface area contributed by atoms with Gasteiger partial charge in [-0.25, -0.2) is 0 Å². The van der Waals surface area contributed by atoms with Crippen LogP contribution in [0, 0.1) is 5.92 Å². The summed E-state index contributed by atoms with van der Waals surface area (Å²) in [5.41, 5.74) is 4.20. The van der Waals surface area contributed by atoms with E-state index in [1.54, 1.807) is 0 Å². The summed E-state index contributed by atoms with van der Waals surface area (Å²) >= 11 is 3.59. The largest absolute Gasteiger partial charge is 0.271 e. The van der Waals surface area contributed by atoms with Crippen molar-refractivity contribution in [2.24, 2.45) is 11.8 Å². The summed E-state index contributed by atoms with van der Waals surface area (Å²) < 4.78 is 3.09. The number of aryl methyl sites for hydroxylation is 1. The van der Waals surface area contributed by atoms with E-state index in [1.165, 1.54) is 37.8 Å². The zero-order valence-electron chi connectivity index (χ0n) is 10.3. The van der Waals surface area contributed by atoms with E-state index in [0.717, 1.165) is 11.0 Å². The molecule has 1 heterocycles. The number of aromatic nitrogens is 2. The average Bonchev–Trinajstić information content (AvgIpc) is 2.74. The summed E-state index contributed by atoms with van der Waals surface area (Å²) in [6, 6.07) is 0.215. The number of rotatable bonds is 4. The third-order valence-electron chi connectivity index (χ3n) is 3.73. The highest BCUT2D eigenvalue weighted by atomic mass is 79.9. The second kappa shape index (κ2) is 5.98. The first-order chi connectivity index (χ1) is 8.27. The molecule has 1 aliphatic carbocycles. The van der Waals surface area contributed by atoms with Gasteiger partial charge in [-0.05, 0) is 41.6 Å². The molecule has 0 radical (unpaired) electrons. The molecular formula is C12H21BrN4. The Morgan fingerprint density at radius 2 is 2.24 bits per heavy atom. The molecule has 2 rings (SSSR count). The SMILES string of the molecule is CCn1ncc(Br)c1C(NN)C1CCCCC1. The van der Waals surface area contributed by atoms with Crippen molar-refractivity contribution in [3.63, 3.8) is 0 Å². The van der Waals surface area contributed by atoms with Crippen LogP contribution in [-0.4, -0.2) is 9.78 Å². The van der Waals surface area contributed by atoms with Gasteiger partial charge in [-0.1, -0.05) is 19.3 Å². The van der Waals surface area contributed by atoms with Crippen LogP contribution >= 0.6 is 15.9 Å². The van der Waals surface area contributed by atoms with Crippen LogP contribution < -0.4 is 11.3 Å². The predicted molar refractivity (Wildman–Crippen MR) is 72.2 cm³/mol. The van der Waals surface area contributed by atoms with Crippen molar-refractivity contribution in [3.05, 3.63) is 16.4 Å². The Labute approximate surface area is 111 Å². The molecule has 4 nitrogen and oxygen atoms in total. The van der Waals surface area contributed by atoms with Crippen LogP contribution in [0.2, 0.25) is 0 Å². The Morgan fingerprint density at radius 1 is 1.53 bits per heavy atom. The van der Waals surface area contributed by atoms with Gasteiger partial charge in [-0.15, -0.1) is 0 Å². The highest BCUT2D eigenvalue weighted by Crippen LogP contribution is 2.36. The Hall–Kier alpha value is -0.390. The van der Waals surface area contributed by atoms with E-state index in [4.69, 9.17) is 5.84 Å². The van der Waals surface area contributed by atoms with Crippen molar-refractivity contribution in [1.29, 1.82) is 0 Å². The number of nitrogens with two attached hydrogens (primary N) is 1. The molecule has 1 unspecified atom stereocenters. The number of halogens is 1. The Balaban J connectivity index is 2.23. The normalized spacial score (nSPS) is 19.5. The molecule has 0 aliphatic heterocycles. The number of nitrogens with zero attached hydrogens (tertiary/aromatic N) is 2. The van der Waals surface area contributed by atoms with Crippen molar-refractivity contribution >= 4 is 15.9 Å². The van der Waals surface area contributed by atoms with Gasteiger partial charge < -0.3 is 0 Å². The minimum atomic E-state index is 0.215. The first-order valence-corrected chi connectivity index (χ1v) is 7.24. The molecule has 3 N–H and O–H groups in total. The van der Waals surface area contributed by atoms with Gasteiger partial charge in [0.2, 0.25) is 0 Å². The quantitative estimate of drug-likeness (QED) is 0.664. The highest BCUT2D eigenvalue weighted by Gasteiger charge is 2.28. The van der Waals surface area contributed by atoms with Gasteiger partial charge in [0.25, 0.3) is 0 Å². The average molecular weight is 301 g/mol. The summed E-state index contributed by atoms with van der Waals surface area (Å²) in [7, 11) is 0. The van der Waals surface area contributed by atoms with Crippen molar-refractivity contribution in [1.82, 2.24) is 15.2 Å². The maximum atomic E-state index is 5.78. The van der Waals surface area contributed by atoms with Gasteiger partial charge >= 0.3 is 0 Å². The van der Waals surface area contributed by atoms with Crippen molar-refractivity contribution in [2.75, 3.05) is 0 Å². The van der Waals surface area contributed by atoms with Gasteiger partial charge in [0, 0.05) is 6.54 Å². The van der Waals surface area contributed by atoms with Crippen LogP contribution in [0.25, 0.3) is 0 Å². The minimum absolute atomic E-state index is 0.215. The van der Waals surface area contributed by atoms with Crippen LogP contribution in [0.1, 0.15) is 50.8 Å². The lowest BCUT2D eigenvalue weighted by Gasteiger charge is -2.30. The molecule has 1 saturated carbocycles. The van der Waals surface area contributed by atoms with E-state index in [2.05, 4.69) is 33.4 Å². The third-order valence-corrected chi connectivity index (χ3v) is 4.34. The summed E-state index contributed by atoms with van der Waals surface area (Å²) in [6.45, 7) is 2.99. The first kappa shape index (κ1) is 13.1. The highest BCUT2D eigenvalue weighted by molar-refractivity contribution is 9.10. The van der Waals surface area contributed by atoms with E-state index < -0.39 is 0 Å². The fourth-order valence-corrected chi connectivity index (χ4v) is 3.38. The zero-order valence-corrected chi connectivity index (χ0v) is 11.9. The van der Waals surface area contributed by atoms with Crippen LogP contribution in [0.3, 0.4) is 0 Å². The van der Waals surface area contributed by atoms with Crippen LogP contribution in [0.5, 0.6) is 0 Å². The Bertz CT molecular complexity index is 357. The van der Waals surface area contributed by atoms with Gasteiger partial charge in [-0.2, -0.15) is 5.10 Å². The van der Waals surface area contributed by atoms with Gasteiger partial charge in [0.1, 0.15) is 0 Å². The molecular weight excluding hydrogens is 280 g/mol. The number of hydrogen-bond acceptors (Lipinski definition) is 3. The molecule has 0 spiro atoms. The molecule has 17 heavy (non-hydrogen) atoms. The molecule has 1 aromatic heterocycles. The van der Waals surface area contributed by atoms with E-state index >= 15 is 0 Å². The molecule has 1 fully saturated rings. The smallest absolute Gasteiger partial charge is 0.0711 e. The molecule has 1 aliphatic rings. The molecule has 96 valence electrons. The Morgan fingerprint density at radius 3 is 2.82 bits per heavy atom. The van der Waals surface area contributed by atoms with Crippen LogP contribution in [0.4, 0.5) is 0 Å². The summed E-state index contributed by atoms with van der Waals surface area (Å²) in [5.74, 6) is 6.41. The second-order valence-electron chi connectivity index (χ2n) is 4.74. The lowest BCUT2D eigenvalue weighted by Crippen LogP contribution is -2.36. The molecule has 5 heteroatoms. The lowest BCUT2D eigenvalue weighted by molar-refractivity contribution is 0.262. The van der Waals surface area contributed by atoms with E-state index in [1.807, 2.05) is 10.9 Å². The van der Waals surface area contributed by atoms with Crippen molar-refractivity contribution in [3.8, 4) is 0 Å². The zero-order chi connectivity index (χ0) is 12.3. The number of nitrogens with one attached hydrogen (secondary N) is 1. The monoisotopic (exact) mass is 300 g/mol. The molecule has 0 aromatic carbocycles. The van der Waals surface area contributed by atoms with Crippen LogP contribution in [0.15, 0.2) is 10.7 Å². The van der Waals surface area contributed by atoms with E-state index in [-0.39, 0.29) is 6.04 Å². The van der Waals surface area contributed by atoms with E-state index in [0.29, 0.717) is 5.92 Å². The maximum absolute atomic E-state index is 5.78. The molecule has 0 bridgehead atoms. The fourth-order valence-electron chi connectivity index (χ4n) is 2.84. The lowest BCUT2D eigenvalue weighted by atomic mass is 9.83. The van der Waals surface area contributed by atoms with Crippen molar-refractivity contribution in [2.45, 2.75) is 51.6 Å². The van der Waals surface area contributed by atoms with Gasteiger partial charge in [0.05, 0.1) is 22.4 Å². The van der Waals surface area contributed by atoms with Gasteiger partial charge in [0.15, 0.2) is 0 Å². The summed E-state index contributed by atoms with van der Waals surface area (Å²) in [4.78, 5) is 0. The number of hydrogen-bond donors (Lipinski definition) is 2. The van der Waals surface area contributed by atoms with Gasteiger partial charge in [-0.3, -0.25) is 16.0 Å². The molecule has 0 saturated heterocycles. The van der Waals surface area contributed by atoms with Crippen molar-refractivity contribution < 1.29 is 0 Å². The maximum Gasteiger partial charge on any atom is 0.0711 e. The molecule has 1 aromatic rings. The third kappa shape index (κ3) is 2.72. The number of hydrazine groups is 1. The predicted octanol–water partition coefficient (Wildman–Crippen LogP) is 2.75.